The van der Waals surface area contributed by atoms with E-state index in [0.29, 0.717) is 6.54 Å². The standard InChI is InChI=1S/C26H22N3OS3/c1-4-29-22(15-21-27(2)18-11-7-8-12-19(18)31-21)33-24(25(29)30)26-28(3)23-17-10-6-5-9-16(17)13-14-20(23)32-26/h5-15H,4H2,1-3H3/q+1/b26-24-. The molecule has 0 N–H and O–H groups in total. The Labute approximate surface area is 203 Å². The van der Waals surface area contributed by atoms with Gasteiger partial charge in [0, 0.05) is 29.9 Å². The van der Waals surface area contributed by atoms with E-state index in [1.54, 1.807) is 34.4 Å². The monoisotopic (exact) mass is 488 g/mol. The number of benzene rings is 3. The molecule has 1 aliphatic heterocycles. The first-order valence-corrected chi connectivity index (χ1v) is 13.3. The summed E-state index contributed by atoms with van der Waals surface area (Å²) in [5.41, 5.74) is 2.48. The van der Waals surface area contributed by atoms with E-state index >= 15 is 0 Å². The third-order valence-electron chi connectivity index (χ3n) is 6.15. The van der Waals surface area contributed by atoms with Crippen molar-refractivity contribution >= 4 is 72.2 Å². The van der Waals surface area contributed by atoms with Gasteiger partial charge in [-0.2, -0.15) is 4.57 Å². The Morgan fingerprint density at radius 1 is 1.00 bits per heavy atom. The van der Waals surface area contributed by atoms with Crippen molar-refractivity contribution in [3.63, 3.8) is 0 Å². The van der Waals surface area contributed by atoms with Crippen LogP contribution >= 0.6 is 34.4 Å². The number of thiazole rings is 2. The number of anilines is 1. The van der Waals surface area contributed by atoms with Gasteiger partial charge in [0.15, 0.2) is 0 Å². The summed E-state index contributed by atoms with van der Waals surface area (Å²) in [6.07, 6.45) is 2.16. The van der Waals surface area contributed by atoms with Crippen LogP contribution in [0.4, 0.5) is 5.69 Å². The van der Waals surface area contributed by atoms with Gasteiger partial charge in [-0.05, 0) is 24.4 Å². The number of para-hydroxylation sites is 1. The smallest absolute Gasteiger partial charge is 0.271 e. The molecule has 1 aliphatic rings. The maximum absolute atomic E-state index is 13.5. The van der Waals surface area contributed by atoms with Crippen molar-refractivity contribution in [2.45, 2.75) is 18.4 Å². The molecule has 0 radical (unpaired) electrons. The molecule has 3 heterocycles. The van der Waals surface area contributed by atoms with Crippen molar-refractivity contribution in [3.8, 4) is 0 Å². The molecule has 7 heteroatoms. The Balaban J connectivity index is 1.57. The first kappa shape index (κ1) is 20.7. The molecule has 0 fully saturated rings. The first-order valence-electron chi connectivity index (χ1n) is 10.8. The molecule has 2 aromatic heterocycles. The van der Waals surface area contributed by atoms with Crippen LogP contribution in [0.1, 0.15) is 11.9 Å². The molecule has 0 aliphatic carbocycles. The molecule has 0 saturated carbocycles. The predicted molar refractivity (Wildman–Crippen MR) is 142 cm³/mol. The van der Waals surface area contributed by atoms with Crippen molar-refractivity contribution in [1.29, 1.82) is 0 Å². The highest BCUT2D eigenvalue weighted by Crippen LogP contribution is 2.48. The van der Waals surface area contributed by atoms with Gasteiger partial charge in [0.25, 0.3) is 10.6 Å². The Morgan fingerprint density at radius 2 is 1.79 bits per heavy atom. The van der Waals surface area contributed by atoms with Crippen LogP contribution in [0.2, 0.25) is 0 Å². The summed E-state index contributed by atoms with van der Waals surface area (Å²) >= 11 is 5.04. The normalized spacial score (nSPS) is 15.7. The Kier molecular flexibility index (Phi) is 4.94. The van der Waals surface area contributed by atoms with Crippen molar-refractivity contribution < 1.29 is 4.57 Å². The van der Waals surface area contributed by atoms with Crippen LogP contribution in [0, 0.1) is 0 Å². The van der Waals surface area contributed by atoms with Crippen LogP contribution in [0.3, 0.4) is 0 Å². The van der Waals surface area contributed by atoms with Crippen molar-refractivity contribution in [1.82, 2.24) is 4.57 Å². The van der Waals surface area contributed by atoms with E-state index in [4.69, 9.17) is 0 Å². The molecule has 4 nitrogen and oxygen atoms in total. The fraction of sp³-hybridized carbons (Fsp3) is 0.154. The number of aromatic nitrogens is 2. The Morgan fingerprint density at radius 3 is 2.61 bits per heavy atom. The minimum Gasteiger partial charge on any atom is -0.336 e. The molecule has 164 valence electrons. The Bertz CT molecular complexity index is 1740. The van der Waals surface area contributed by atoms with Crippen LogP contribution < -0.4 is 24.2 Å². The molecule has 0 bridgehead atoms. The SMILES string of the molecule is CCn1c(=O)/c(=C2/Sc3ccc4ccccc4c3N2C)s/c1=C/c1sc2ccccc2[n+]1C. The lowest BCUT2D eigenvalue weighted by Gasteiger charge is -2.15. The van der Waals surface area contributed by atoms with Crippen LogP contribution in [-0.2, 0) is 13.6 Å². The van der Waals surface area contributed by atoms with E-state index < -0.39 is 0 Å². The number of rotatable bonds is 2. The number of hydrogen-bond donors (Lipinski definition) is 0. The summed E-state index contributed by atoms with van der Waals surface area (Å²) in [5, 5.41) is 4.58. The van der Waals surface area contributed by atoms with Gasteiger partial charge in [-0.1, -0.05) is 65.6 Å². The zero-order chi connectivity index (χ0) is 22.7. The van der Waals surface area contributed by atoms with Gasteiger partial charge in [-0.25, -0.2) is 0 Å². The van der Waals surface area contributed by atoms with Gasteiger partial charge in [0.05, 0.1) is 11.8 Å². The zero-order valence-electron chi connectivity index (χ0n) is 18.5. The van der Waals surface area contributed by atoms with Crippen molar-refractivity contribution in [2.24, 2.45) is 7.05 Å². The molecule has 5 aromatic rings. The highest BCUT2D eigenvalue weighted by atomic mass is 32.2. The summed E-state index contributed by atoms with van der Waals surface area (Å²) < 4.78 is 7.14. The third-order valence-corrected chi connectivity index (χ3v) is 9.79. The molecule has 0 atom stereocenters. The van der Waals surface area contributed by atoms with Crippen LogP contribution in [0.5, 0.6) is 0 Å². The Hall–Kier alpha value is -2.87. The number of thioether (sulfide) groups is 1. The van der Waals surface area contributed by atoms with Gasteiger partial charge in [-0.15, -0.1) is 11.3 Å². The number of fused-ring (bicyclic) bond motifs is 4. The first-order chi connectivity index (χ1) is 16.1. The lowest BCUT2D eigenvalue weighted by Crippen LogP contribution is -2.34. The number of hydrogen-bond acceptors (Lipinski definition) is 5. The average Bonchev–Trinajstić information content (AvgIpc) is 3.45. The molecule has 0 unspecified atom stereocenters. The minimum atomic E-state index is 0.0870. The molecular formula is C26H22N3OS3+. The van der Waals surface area contributed by atoms with Crippen LogP contribution in [-0.4, -0.2) is 11.6 Å². The van der Waals surface area contributed by atoms with Crippen molar-refractivity contribution in [3.05, 3.63) is 85.2 Å². The molecule has 6 rings (SSSR count). The summed E-state index contributed by atoms with van der Waals surface area (Å²) in [4.78, 5) is 16.9. The van der Waals surface area contributed by atoms with Gasteiger partial charge in [0.1, 0.15) is 26.0 Å². The van der Waals surface area contributed by atoms with Crippen molar-refractivity contribution in [2.75, 3.05) is 11.9 Å². The lowest BCUT2D eigenvalue weighted by atomic mass is 10.1. The highest BCUT2D eigenvalue weighted by molar-refractivity contribution is 8.08. The summed E-state index contributed by atoms with van der Waals surface area (Å²) in [6.45, 7) is 2.69. The molecule has 33 heavy (non-hydrogen) atoms. The van der Waals surface area contributed by atoms with Gasteiger partial charge in [0.2, 0.25) is 5.52 Å². The highest BCUT2D eigenvalue weighted by Gasteiger charge is 2.26. The van der Waals surface area contributed by atoms with E-state index in [1.165, 1.54) is 31.6 Å². The number of nitrogens with zero attached hydrogens (tertiary/aromatic N) is 3. The minimum absolute atomic E-state index is 0.0870. The topological polar surface area (TPSA) is 29.1 Å². The molecule has 0 spiro atoms. The predicted octanol–water partition coefficient (Wildman–Crippen LogP) is 4.26. The summed E-state index contributed by atoms with van der Waals surface area (Å²) in [6, 6.07) is 21.2. The molecular weight excluding hydrogens is 467 g/mol. The molecule has 0 amide bonds. The number of aryl methyl sites for hydroxylation is 1. The van der Waals surface area contributed by atoms with Gasteiger partial charge >= 0.3 is 0 Å². The second-order valence-corrected chi connectivity index (χ2v) is 11.2. The van der Waals surface area contributed by atoms with Crippen LogP contribution in [0.25, 0.3) is 32.1 Å². The second-order valence-electron chi connectivity index (χ2n) is 8.03. The van der Waals surface area contributed by atoms with Gasteiger partial charge in [-0.3, -0.25) is 9.36 Å². The third kappa shape index (κ3) is 3.18. The summed E-state index contributed by atoms with van der Waals surface area (Å²) in [5.74, 6) is 0. The average molecular weight is 489 g/mol. The summed E-state index contributed by atoms with van der Waals surface area (Å²) in [7, 11) is 4.16. The quantitative estimate of drug-likeness (QED) is 0.348. The molecule has 0 saturated heterocycles. The maximum atomic E-state index is 13.5. The maximum Gasteiger partial charge on any atom is 0.271 e. The second kappa shape index (κ2) is 7.87. The van der Waals surface area contributed by atoms with E-state index in [1.807, 2.05) is 11.5 Å². The molecule has 3 aromatic carbocycles. The lowest BCUT2D eigenvalue weighted by molar-refractivity contribution is -0.642. The fourth-order valence-electron chi connectivity index (χ4n) is 4.46. The van der Waals surface area contributed by atoms with Gasteiger partial charge < -0.3 is 4.90 Å². The van der Waals surface area contributed by atoms with E-state index in [9.17, 15) is 4.79 Å². The largest absolute Gasteiger partial charge is 0.336 e. The zero-order valence-corrected chi connectivity index (χ0v) is 21.0. The van der Waals surface area contributed by atoms with E-state index in [-0.39, 0.29) is 5.56 Å². The van der Waals surface area contributed by atoms with Crippen LogP contribution in [0.15, 0.2) is 70.4 Å². The van der Waals surface area contributed by atoms with E-state index in [0.717, 1.165) is 19.2 Å². The fourth-order valence-corrected chi connectivity index (χ4v) is 8.09. The van der Waals surface area contributed by atoms with E-state index in [2.05, 4.69) is 90.3 Å².